The van der Waals surface area contributed by atoms with E-state index in [1.165, 1.54) is 0 Å². The predicted molar refractivity (Wildman–Crippen MR) is 133 cm³/mol. The minimum Gasteiger partial charge on any atom is -0.445 e. The molecule has 2 atom stereocenters. The monoisotopic (exact) mass is 500 g/mol. The van der Waals surface area contributed by atoms with Crippen molar-refractivity contribution in [2.45, 2.75) is 25.2 Å². The minimum atomic E-state index is -0.838. The van der Waals surface area contributed by atoms with Gasteiger partial charge in [-0.05, 0) is 17.5 Å². The van der Waals surface area contributed by atoms with Crippen LogP contribution in [-0.2, 0) is 35.1 Å². The van der Waals surface area contributed by atoms with Crippen LogP contribution in [0.2, 0.25) is 0 Å². The molecule has 1 fully saturated rings. The second kappa shape index (κ2) is 15.9. The Morgan fingerprint density at radius 1 is 0.917 bits per heavy atom. The molecule has 2 aromatic carbocycles. The number of carbonyl (C=O) groups is 2. The van der Waals surface area contributed by atoms with Crippen molar-refractivity contribution in [3.05, 3.63) is 71.8 Å². The number of likely N-dealkylation sites (tertiary alicyclic amines) is 1. The number of methoxy groups -OCH3 is 1. The molecule has 2 amide bonds. The van der Waals surface area contributed by atoms with Crippen LogP contribution in [0.15, 0.2) is 60.7 Å². The van der Waals surface area contributed by atoms with E-state index in [4.69, 9.17) is 23.7 Å². The topological polar surface area (TPSA) is 95.6 Å². The fraction of sp³-hybridized carbons (Fsp3) is 0.481. The van der Waals surface area contributed by atoms with Crippen molar-refractivity contribution >= 4 is 12.0 Å². The number of alkyl carbamates (subject to hydrolysis) is 1. The first kappa shape index (κ1) is 27.6. The molecule has 0 saturated carbocycles. The van der Waals surface area contributed by atoms with E-state index in [0.717, 1.165) is 12.0 Å². The fourth-order valence-electron chi connectivity index (χ4n) is 3.80. The molecule has 1 saturated heterocycles. The van der Waals surface area contributed by atoms with Gasteiger partial charge in [-0.1, -0.05) is 60.7 Å². The summed E-state index contributed by atoms with van der Waals surface area (Å²) >= 11 is 0. The van der Waals surface area contributed by atoms with Crippen LogP contribution in [0, 0.1) is 0 Å². The second-order valence-corrected chi connectivity index (χ2v) is 8.33. The van der Waals surface area contributed by atoms with Crippen molar-refractivity contribution in [2.75, 3.05) is 59.8 Å². The van der Waals surface area contributed by atoms with Gasteiger partial charge in [0.05, 0.1) is 45.7 Å². The Hall–Kier alpha value is -2.98. The Morgan fingerprint density at radius 2 is 1.56 bits per heavy atom. The highest BCUT2D eigenvalue weighted by molar-refractivity contribution is 5.87. The molecule has 1 heterocycles. The number of amides is 2. The first-order valence-corrected chi connectivity index (χ1v) is 12.2. The molecule has 9 nitrogen and oxygen atoms in total. The zero-order valence-corrected chi connectivity index (χ0v) is 20.8. The molecule has 0 bridgehead atoms. The van der Waals surface area contributed by atoms with Crippen molar-refractivity contribution in [1.82, 2.24) is 10.2 Å². The van der Waals surface area contributed by atoms with E-state index in [1.54, 1.807) is 12.0 Å². The molecular weight excluding hydrogens is 464 g/mol. The minimum absolute atomic E-state index is 0.0723. The zero-order chi connectivity index (χ0) is 25.4. The molecule has 0 spiro atoms. The summed E-state index contributed by atoms with van der Waals surface area (Å²) < 4.78 is 27.0. The van der Waals surface area contributed by atoms with E-state index in [1.807, 2.05) is 60.7 Å². The number of nitrogens with zero attached hydrogens (tertiary/aromatic N) is 1. The predicted octanol–water partition coefficient (Wildman–Crippen LogP) is 2.95. The summed E-state index contributed by atoms with van der Waals surface area (Å²) in [6, 6.07) is 17.7. The number of benzene rings is 2. The highest BCUT2D eigenvalue weighted by Crippen LogP contribution is 2.21. The Bertz CT molecular complexity index is 898. The molecule has 9 heteroatoms. The van der Waals surface area contributed by atoms with Crippen LogP contribution in [-0.4, -0.2) is 82.8 Å². The Morgan fingerprint density at radius 3 is 2.25 bits per heavy atom. The molecular formula is C27H36N2O7. The lowest BCUT2D eigenvalue weighted by atomic mass is 10.1. The van der Waals surface area contributed by atoms with Crippen LogP contribution in [0.5, 0.6) is 0 Å². The van der Waals surface area contributed by atoms with Crippen LogP contribution in [0.4, 0.5) is 4.79 Å². The van der Waals surface area contributed by atoms with Gasteiger partial charge < -0.3 is 33.9 Å². The van der Waals surface area contributed by atoms with Gasteiger partial charge in [0.25, 0.3) is 0 Å². The normalized spacial score (nSPS) is 16.0. The highest BCUT2D eigenvalue weighted by atomic mass is 16.6. The van der Waals surface area contributed by atoms with E-state index in [0.29, 0.717) is 58.3 Å². The van der Waals surface area contributed by atoms with Gasteiger partial charge in [0.2, 0.25) is 5.91 Å². The standard InChI is InChI=1S/C27H36N2O7/c1-32-14-15-33-16-17-34-18-19-35-24-12-13-29(20-24)26(30)25(23-10-6-3-7-11-23)28-27(31)36-21-22-8-4-2-5-9-22/h2-11,24-25H,12-21H2,1H3,(H,28,31)/t24-,25-/m0/s1. The summed E-state index contributed by atoms with van der Waals surface area (Å²) in [6.45, 7) is 4.16. The number of nitrogens with one attached hydrogen (secondary N) is 1. The van der Waals surface area contributed by atoms with Gasteiger partial charge in [0.15, 0.2) is 0 Å². The van der Waals surface area contributed by atoms with Crippen molar-refractivity contribution in [1.29, 1.82) is 0 Å². The quantitative estimate of drug-likeness (QED) is 0.376. The molecule has 0 aromatic heterocycles. The zero-order valence-electron chi connectivity index (χ0n) is 20.8. The summed E-state index contributed by atoms with van der Waals surface area (Å²) in [5.74, 6) is -0.187. The average Bonchev–Trinajstić information content (AvgIpc) is 3.39. The Kier molecular flexibility index (Phi) is 12.2. The maximum Gasteiger partial charge on any atom is 0.408 e. The average molecular weight is 501 g/mol. The SMILES string of the molecule is COCCOCCOCCO[C@H]1CCN(C(=O)[C@@H](NC(=O)OCc2ccccc2)c2ccccc2)C1. The van der Waals surface area contributed by atoms with Crippen molar-refractivity contribution in [3.63, 3.8) is 0 Å². The molecule has 1 aliphatic rings. The number of rotatable bonds is 15. The van der Waals surface area contributed by atoms with Crippen LogP contribution in [0.25, 0.3) is 0 Å². The first-order chi connectivity index (χ1) is 17.7. The Labute approximate surface area is 212 Å². The molecule has 0 unspecified atom stereocenters. The number of ether oxygens (including phenoxy) is 5. The van der Waals surface area contributed by atoms with Crippen LogP contribution < -0.4 is 5.32 Å². The van der Waals surface area contributed by atoms with Gasteiger partial charge in [-0.15, -0.1) is 0 Å². The van der Waals surface area contributed by atoms with E-state index >= 15 is 0 Å². The van der Waals surface area contributed by atoms with Crippen molar-refractivity contribution in [3.8, 4) is 0 Å². The van der Waals surface area contributed by atoms with Crippen LogP contribution in [0.1, 0.15) is 23.6 Å². The molecule has 1 N–H and O–H groups in total. The van der Waals surface area contributed by atoms with E-state index in [-0.39, 0.29) is 18.6 Å². The third kappa shape index (κ3) is 9.58. The number of carbonyl (C=O) groups excluding carboxylic acids is 2. The van der Waals surface area contributed by atoms with Gasteiger partial charge in [-0.25, -0.2) is 4.79 Å². The summed E-state index contributed by atoms with van der Waals surface area (Å²) in [5, 5.41) is 2.75. The molecule has 3 rings (SSSR count). The van der Waals surface area contributed by atoms with Gasteiger partial charge >= 0.3 is 6.09 Å². The molecule has 1 aliphatic heterocycles. The largest absolute Gasteiger partial charge is 0.445 e. The summed E-state index contributed by atoms with van der Waals surface area (Å²) in [7, 11) is 1.63. The van der Waals surface area contributed by atoms with E-state index in [9.17, 15) is 9.59 Å². The summed E-state index contributed by atoms with van der Waals surface area (Å²) in [4.78, 5) is 27.6. The van der Waals surface area contributed by atoms with E-state index < -0.39 is 12.1 Å². The van der Waals surface area contributed by atoms with E-state index in [2.05, 4.69) is 5.32 Å². The van der Waals surface area contributed by atoms with Crippen LogP contribution >= 0.6 is 0 Å². The fourth-order valence-corrected chi connectivity index (χ4v) is 3.80. The molecule has 2 aromatic rings. The lowest BCUT2D eigenvalue weighted by Crippen LogP contribution is -2.42. The molecule has 0 radical (unpaired) electrons. The Balaban J connectivity index is 1.43. The smallest absolute Gasteiger partial charge is 0.408 e. The summed E-state index contributed by atoms with van der Waals surface area (Å²) in [6.07, 6.45) is 0.0135. The molecule has 36 heavy (non-hydrogen) atoms. The second-order valence-electron chi connectivity index (χ2n) is 8.33. The summed E-state index contributed by atoms with van der Waals surface area (Å²) in [5.41, 5.74) is 1.57. The van der Waals surface area contributed by atoms with Gasteiger partial charge in [0, 0.05) is 20.2 Å². The maximum absolute atomic E-state index is 13.4. The lowest BCUT2D eigenvalue weighted by Gasteiger charge is -2.24. The highest BCUT2D eigenvalue weighted by Gasteiger charge is 2.33. The van der Waals surface area contributed by atoms with Gasteiger partial charge in [0.1, 0.15) is 12.6 Å². The number of hydrogen-bond acceptors (Lipinski definition) is 7. The van der Waals surface area contributed by atoms with Gasteiger partial charge in [-0.2, -0.15) is 0 Å². The van der Waals surface area contributed by atoms with Crippen molar-refractivity contribution < 1.29 is 33.3 Å². The molecule has 196 valence electrons. The van der Waals surface area contributed by atoms with Crippen molar-refractivity contribution in [2.24, 2.45) is 0 Å². The lowest BCUT2D eigenvalue weighted by molar-refractivity contribution is -0.133. The third-order valence-electron chi connectivity index (χ3n) is 5.70. The first-order valence-electron chi connectivity index (χ1n) is 12.2. The van der Waals surface area contributed by atoms with Gasteiger partial charge in [-0.3, -0.25) is 4.79 Å². The molecule has 0 aliphatic carbocycles. The third-order valence-corrected chi connectivity index (χ3v) is 5.70. The maximum atomic E-state index is 13.4. The van der Waals surface area contributed by atoms with Crippen LogP contribution in [0.3, 0.4) is 0 Å². The number of hydrogen-bond donors (Lipinski definition) is 1.